The van der Waals surface area contributed by atoms with Gasteiger partial charge in [-0.05, 0) is 47.6 Å². The van der Waals surface area contributed by atoms with Gasteiger partial charge in [0.05, 0.1) is 12.7 Å². The summed E-state index contributed by atoms with van der Waals surface area (Å²) < 4.78 is 10.5. The SMILES string of the molecule is CCOC(=O)C(C)(C#N)C1(NC(=O)OC(C)(C)C)C(=O)N(C)c2ccc(C)cc21. The monoisotopic (exact) mass is 401 g/mol. The van der Waals surface area contributed by atoms with Crippen LogP contribution >= 0.6 is 0 Å². The van der Waals surface area contributed by atoms with Crippen molar-refractivity contribution in [3.8, 4) is 6.07 Å². The first-order valence-corrected chi connectivity index (χ1v) is 9.33. The molecule has 0 aromatic heterocycles. The minimum absolute atomic E-state index is 0.0172. The predicted molar refractivity (Wildman–Crippen MR) is 106 cm³/mol. The number of hydrogen-bond acceptors (Lipinski definition) is 6. The molecule has 29 heavy (non-hydrogen) atoms. The van der Waals surface area contributed by atoms with Crippen LogP contribution in [0.2, 0.25) is 0 Å². The molecule has 2 amide bonds. The van der Waals surface area contributed by atoms with E-state index in [0.717, 1.165) is 5.56 Å². The number of nitriles is 1. The molecule has 1 heterocycles. The van der Waals surface area contributed by atoms with Crippen LogP contribution in [0.3, 0.4) is 0 Å². The first-order valence-electron chi connectivity index (χ1n) is 9.33. The van der Waals surface area contributed by atoms with Crippen LogP contribution < -0.4 is 10.2 Å². The second-order valence-electron chi connectivity index (χ2n) is 8.22. The van der Waals surface area contributed by atoms with Crippen LogP contribution in [0.1, 0.15) is 45.7 Å². The molecule has 2 atom stereocenters. The predicted octanol–water partition coefficient (Wildman–Crippen LogP) is 2.78. The molecule has 0 fully saturated rings. The van der Waals surface area contributed by atoms with E-state index in [1.54, 1.807) is 45.9 Å². The number of ether oxygens (including phenoxy) is 2. The minimum atomic E-state index is -2.04. The average Bonchev–Trinajstić information content (AvgIpc) is 2.82. The molecule has 1 N–H and O–H groups in total. The van der Waals surface area contributed by atoms with Crippen molar-refractivity contribution in [1.29, 1.82) is 5.26 Å². The fourth-order valence-electron chi connectivity index (χ4n) is 3.46. The number of likely N-dealkylation sites (N-methyl/N-ethyl adjacent to an activating group) is 1. The normalized spacial score (nSPS) is 20.3. The fourth-order valence-corrected chi connectivity index (χ4v) is 3.46. The Kier molecular flexibility index (Phi) is 5.66. The molecule has 0 spiro atoms. The zero-order valence-electron chi connectivity index (χ0n) is 17.9. The summed E-state index contributed by atoms with van der Waals surface area (Å²) in [5.41, 5.74) is -3.26. The Balaban J connectivity index is 2.79. The van der Waals surface area contributed by atoms with Crippen molar-refractivity contribution < 1.29 is 23.9 Å². The zero-order valence-corrected chi connectivity index (χ0v) is 17.9. The number of esters is 1. The third-order valence-corrected chi connectivity index (χ3v) is 4.89. The number of nitrogens with zero attached hydrogens (tertiary/aromatic N) is 2. The second-order valence-corrected chi connectivity index (χ2v) is 8.22. The summed E-state index contributed by atoms with van der Waals surface area (Å²) in [6, 6.07) is 7.13. The van der Waals surface area contributed by atoms with E-state index in [2.05, 4.69) is 5.32 Å². The lowest BCUT2D eigenvalue weighted by molar-refractivity contribution is -0.158. The third-order valence-electron chi connectivity index (χ3n) is 4.89. The number of fused-ring (bicyclic) bond motifs is 1. The van der Waals surface area contributed by atoms with Gasteiger partial charge < -0.3 is 19.7 Å². The molecule has 0 aliphatic carbocycles. The van der Waals surface area contributed by atoms with Crippen molar-refractivity contribution in [2.24, 2.45) is 5.41 Å². The molecule has 0 saturated carbocycles. The quantitative estimate of drug-likeness (QED) is 0.777. The molecule has 0 radical (unpaired) electrons. The maximum absolute atomic E-state index is 13.5. The van der Waals surface area contributed by atoms with Crippen LogP contribution in [-0.4, -0.2) is 37.2 Å². The molecule has 1 aliphatic heterocycles. The van der Waals surface area contributed by atoms with Gasteiger partial charge in [-0.25, -0.2) is 4.79 Å². The number of nitrogens with one attached hydrogen (secondary N) is 1. The molecule has 156 valence electrons. The highest BCUT2D eigenvalue weighted by molar-refractivity contribution is 6.12. The van der Waals surface area contributed by atoms with E-state index >= 15 is 0 Å². The van der Waals surface area contributed by atoms with Gasteiger partial charge in [-0.3, -0.25) is 9.59 Å². The van der Waals surface area contributed by atoms with Crippen LogP contribution in [0.4, 0.5) is 10.5 Å². The van der Waals surface area contributed by atoms with E-state index in [9.17, 15) is 19.6 Å². The van der Waals surface area contributed by atoms with Gasteiger partial charge >= 0.3 is 12.1 Å². The molecule has 0 bridgehead atoms. The smallest absolute Gasteiger partial charge is 0.408 e. The molecule has 1 aromatic rings. The molecule has 1 aliphatic rings. The van der Waals surface area contributed by atoms with Gasteiger partial charge in [-0.15, -0.1) is 0 Å². The second kappa shape index (κ2) is 7.39. The third kappa shape index (κ3) is 3.53. The number of hydrogen-bond donors (Lipinski definition) is 1. The minimum Gasteiger partial charge on any atom is -0.465 e. The standard InChI is InChI=1S/C21H27N3O5/c1-8-28-17(26)20(6,12-22)21(23-18(27)29-19(3,4)5)14-11-13(2)9-10-15(14)24(7)16(21)25/h9-11H,8H2,1-7H3,(H,23,27). The maximum Gasteiger partial charge on any atom is 0.408 e. The Bertz CT molecular complexity index is 899. The number of carbonyl (C=O) groups excluding carboxylic acids is 3. The average molecular weight is 401 g/mol. The lowest BCUT2D eigenvalue weighted by Gasteiger charge is -2.39. The largest absolute Gasteiger partial charge is 0.465 e. The number of benzene rings is 1. The summed E-state index contributed by atoms with van der Waals surface area (Å²) >= 11 is 0. The molecule has 1 aromatic carbocycles. The van der Waals surface area contributed by atoms with Crippen molar-refractivity contribution in [3.05, 3.63) is 29.3 Å². The number of rotatable bonds is 4. The number of carbonyl (C=O) groups is 3. The van der Waals surface area contributed by atoms with Gasteiger partial charge in [0.25, 0.3) is 5.91 Å². The molecule has 2 unspecified atom stereocenters. The van der Waals surface area contributed by atoms with Crippen molar-refractivity contribution in [3.63, 3.8) is 0 Å². The Morgan fingerprint density at radius 2 is 1.90 bits per heavy atom. The highest BCUT2D eigenvalue weighted by Gasteiger charge is 2.67. The molecule has 8 heteroatoms. The summed E-state index contributed by atoms with van der Waals surface area (Å²) in [6.07, 6.45) is -0.917. The van der Waals surface area contributed by atoms with E-state index in [0.29, 0.717) is 11.3 Å². The van der Waals surface area contributed by atoms with Crippen molar-refractivity contribution >= 4 is 23.7 Å². The van der Waals surface area contributed by atoms with E-state index < -0.39 is 34.5 Å². The number of anilines is 1. The van der Waals surface area contributed by atoms with Gasteiger partial charge in [-0.1, -0.05) is 17.7 Å². The van der Waals surface area contributed by atoms with E-state index in [4.69, 9.17) is 9.47 Å². The lowest BCUT2D eigenvalue weighted by atomic mass is 9.67. The van der Waals surface area contributed by atoms with Gasteiger partial charge in [0.2, 0.25) is 0 Å². The van der Waals surface area contributed by atoms with Crippen molar-refractivity contribution in [2.75, 3.05) is 18.6 Å². The number of alkyl carbamates (subject to hydrolysis) is 1. The van der Waals surface area contributed by atoms with Crippen LogP contribution in [0.5, 0.6) is 0 Å². The van der Waals surface area contributed by atoms with E-state index in [-0.39, 0.29) is 6.61 Å². The van der Waals surface area contributed by atoms with E-state index in [1.807, 2.05) is 13.0 Å². The number of amides is 2. The topological polar surface area (TPSA) is 109 Å². The van der Waals surface area contributed by atoms with Crippen LogP contribution in [-0.2, 0) is 24.6 Å². The van der Waals surface area contributed by atoms with Crippen LogP contribution in [0.25, 0.3) is 0 Å². The van der Waals surface area contributed by atoms with Gasteiger partial charge in [0.15, 0.2) is 11.0 Å². The zero-order chi connectivity index (χ0) is 22.2. The summed E-state index contributed by atoms with van der Waals surface area (Å²) in [5.74, 6) is -1.53. The molecule has 8 nitrogen and oxygen atoms in total. The first-order chi connectivity index (χ1) is 13.3. The Morgan fingerprint density at radius 1 is 1.28 bits per heavy atom. The molecule has 0 saturated heterocycles. The fraction of sp³-hybridized carbons (Fsp3) is 0.524. The highest BCUT2D eigenvalue weighted by atomic mass is 16.6. The first kappa shape index (κ1) is 22.2. The van der Waals surface area contributed by atoms with Crippen molar-refractivity contribution in [1.82, 2.24) is 5.32 Å². The Labute approximate surface area is 170 Å². The Hall–Kier alpha value is -3.08. The van der Waals surface area contributed by atoms with Crippen LogP contribution in [0.15, 0.2) is 18.2 Å². The molecular weight excluding hydrogens is 374 g/mol. The Morgan fingerprint density at radius 3 is 2.41 bits per heavy atom. The summed E-state index contributed by atoms with van der Waals surface area (Å²) in [6.45, 7) is 9.76. The molecular formula is C21H27N3O5. The van der Waals surface area contributed by atoms with Gasteiger partial charge in [0.1, 0.15) is 5.60 Å². The molecule has 2 rings (SSSR count). The summed E-state index contributed by atoms with van der Waals surface area (Å²) in [4.78, 5) is 40.5. The van der Waals surface area contributed by atoms with Crippen molar-refractivity contribution in [2.45, 2.75) is 52.7 Å². The van der Waals surface area contributed by atoms with Gasteiger partial charge in [-0.2, -0.15) is 5.26 Å². The highest BCUT2D eigenvalue weighted by Crippen LogP contribution is 2.50. The summed E-state index contributed by atoms with van der Waals surface area (Å²) in [7, 11) is 1.53. The summed E-state index contributed by atoms with van der Waals surface area (Å²) in [5, 5.41) is 12.6. The van der Waals surface area contributed by atoms with E-state index in [1.165, 1.54) is 18.9 Å². The lowest BCUT2D eigenvalue weighted by Crippen LogP contribution is -2.64. The number of aryl methyl sites for hydroxylation is 1. The van der Waals surface area contributed by atoms with Gasteiger partial charge in [0, 0.05) is 18.3 Å². The van der Waals surface area contributed by atoms with Crippen LogP contribution in [0, 0.1) is 23.7 Å². The maximum atomic E-state index is 13.5.